The van der Waals surface area contributed by atoms with E-state index < -0.39 is 6.67 Å². The van der Waals surface area contributed by atoms with Crippen molar-refractivity contribution in [3.63, 3.8) is 0 Å². The van der Waals surface area contributed by atoms with E-state index in [4.69, 9.17) is 4.42 Å². The number of hydrogen-bond donors (Lipinski definition) is 1. The third-order valence-electron chi connectivity index (χ3n) is 5.25. The molecule has 0 aliphatic heterocycles. The summed E-state index contributed by atoms with van der Waals surface area (Å²) in [6.45, 7) is 1.42. The first-order chi connectivity index (χ1) is 15.5. The lowest BCUT2D eigenvalue weighted by atomic mass is 9.96. The van der Waals surface area contributed by atoms with Crippen LogP contribution < -0.4 is 5.32 Å². The Morgan fingerprint density at radius 1 is 1.06 bits per heavy atom. The average Bonchev–Trinajstić information content (AvgIpc) is 3.18. The fraction of sp³-hybridized carbons (Fsp3) is 0.154. The summed E-state index contributed by atoms with van der Waals surface area (Å²) in [5, 5.41) is 3.84. The topological polar surface area (TPSA) is 59.3 Å². The van der Waals surface area contributed by atoms with Crippen LogP contribution in [0.4, 0.5) is 14.5 Å². The maximum atomic E-state index is 13.4. The maximum Gasteiger partial charge on any atom is 0.164 e. The second-order valence-electron chi connectivity index (χ2n) is 7.48. The van der Waals surface area contributed by atoms with E-state index in [0.29, 0.717) is 52.1 Å². The van der Waals surface area contributed by atoms with Crippen LogP contribution in [-0.4, -0.2) is 25.3 Å². The summed E-state index contributed by atoms with van der Waals surface area (Å²) in [4.78, 5) is 23.9. The molecule has 4 rings (SSSR count). The van der Waals surface area contributed by atoms with Crippen LogP contribution in [0.2, 0.25) is 0 Å². The first kappa shape index (κ1) is 21.4. The zero-order valence-electron chi connectivity index (χ0n) is 17.5. The van der Waals surface area contributed by atoms with Gasteiger partial charge in [-0.2, -0.15) is 0 Å². The van der Waals surface area contributed by atoms with E-state index in [1.54, 1.807) is 36.4 Å². The van der Waals surface area contributed by atoms with E-state index in [2.05, 4.69) is 5.32 Å². The molecule has 4 aromatic rings. The van der Waals surface area contributed by atoms with Gasteiger partial charge in [-0.15, -0.1) is 0 Å². The number of anilines is 1. The number of Topliss-reactive ketones (excluding diaryl/α,β-unsaturated/α-hetero) is 1. The number of fused-ring (bicyclic) bond motifs is 1. The Labute approximate surface area is 183 Å². The Balaban J connectivity index is 1.95. The predicted molar refractivity (Wildman–Crippen MR) is 122 cm³/mol. The third-order valence-corrected chi connectivity index (χ3v) is 5.25. The highest BCUT2D eigenvalue weighted by Crippen LogP contribution is 2.40. The largest absolute Gasteiger partial charge is 0.455 e. The number of aldehydes is 1. The summed E-state index contributed by atoms with van der Waals surface area (Å²) in [5.41, 5.74) is 4.21. The van der Waals surface area contributed by atoms with E-state index in [0.717, 1.165) is 17.4 Å². The highest BCUT2D eigenvalue weighted by atomic mass is 19.1. The molecule has 162 valence electrons. The Morgan fingerprint density at radius 2 is 1.84 bits per heavy atom. The number of benzene rings is 3. The Hall–Kier alpha value is -3.80. The molecule has 0 aliphatic rings. The van der Waals surface area contributed by atoms with Crippen molar-refractivity contribution in [3.8, 4) is 22.5 Å². The van der Waals surface area contributed by atoms with Gasteiger partial charge in [-0.3, -0.25) is 14.0 Å². The van der Waals surface area contributed by atoms with Gasteiger partial charge in [0.2, 0.25) is 0 Å². The Morgan fingerprint density at radius 3 is 2.53 bits per heavy atom. The summed E-state index contributed by atoms with van der Waals surface area (Å²) in [6, 6.07) is 16.5. The SMILES string of the molecule is CC(=O)c1c(-c2ccc(F)cc2)oc2cc(NCCCF)c(-c3cccc(C=O)c3)cc12. The molecule has 1 heterocycles. The van der Waals surface area contributed by atoms with E-state index >= 15 is 0 Å². The average molecular weight is 433 g/mol. The van der Waals surface area contributed by atoms with Crippen molar-refractivity contribution in [2.75, 3.05) is 18.5 Å². The Kier molecular flexibility index (Phi) is 6.12. The number of rotatable bonds is 8. The van der Waals surface area contributed by atoms with Crippen LogP contribution in [0.1, 0.15) is 34.1 Å². The molecule has 0 radical (unpaired) electrons. The van der Waals surface area contributed by atoms with Gasteiger partial charge in [-0.05, 0) is 55.3 Å². The van der Waals surface area contributed by atoms with Crippen molar-refractivity contribution in [1.29, 1.82) is 0 Å². The summed E-state index contributed by atoms with van der Waals surface area (Å²) in [7, 11) is 0. The van der Waals surface area contributed by atoms with Gasteiger partial charge in [-0.1, -0.05) is 18.2 Å². The minimum atomic E-state index is -0.449. The highest BCUT2D eigenvalue weighted by Gasteiger charge is 2.22. The zero-order valence-corrected chi connectivity index (χ0v) is 17.5. The van der Waals surface area contributed by atoms with Crippen molar-refractivity contribution in [2.24, 2.45) is 0 Å². The lowest BCUT2D eigenvalue weighted by Crippen LogP contribution is -2.04. The van der Waals surface area contributed by atoms with Gasteiger partial charge in [0.05, 0.1) is 12.2 Å². The van der Waals surface area contributed by atoms with Crippen LogP contribution in [0.25, 0.3) is 33.4 Å². The number of ketones is 1. The van der Waals surface area contributed by atoms with Gasteiger partial charge in [0.1, 0.15) is 23.4 Å². The minimum absolute atomic E-state index is 0.186. The van der Waals surface area contributed by atoms with Gasteiger partial charge < -0.3 is 9.73 Å². The molecular formula is C26H21F2NO3. The molecule has 3 aromatic carbocycles. The van der Waals surface area contributed by atoms with Gasteiger partial charge >= 0.3 is 0 Å². The lowest BCUT2D eigenvalue weighted by Gasteiger charge is -2.13. The Bertz CT molecular complexity index is 1290. The molecule has 0 saturated carbocycles. The zero-order chi connectivity index (χ0) is 22.7. The number of nitrogens with one attached hydrogen (secondary N) is 1. The molecule has 0 spiro atoms. The van der Waals surface area contributed by atoms with Crippen molar-refractivity contribution in [2.45, 2.75) is 13.3 Å². The maximum absolute atomic E-state index is 13.4. The number of halogens is 2. The summed E-state index contributed by atoms with van der Waals surface area (Å²) >= 11 is 0. The molecule has 0 bridgehead atoms. The number of carbonyl (C=O) groups excluding carboxylic acids is 2. The summed E-state index contributed by atoms with van der Waals surface area (Å²) in [5.74, 6) is -0.208. The molecule has 1 N–H and O–H groups in total. The molecule has 32 heavy (non-hydrogen) atoms. The van der Waals surface area contributed by atoms with Crippen LogP contribution >= 0.6 is 0 Å². The molecular weight excluding hydrogens is 412 g/mol. The molecule has 1 aromatic heterocycles. The smallest absolute Gasteiger partial charge is 0.164 e. The molecule has 6 heteroatoms. The standard InChI is InChI=1S/C26H21F2NO3/c1-16(31)25-22-13-21(19-5-2-4-17(12-19)15-30)23(29-11-3-10-27)14-24(22)32-26(25)18-6-8-20(28)9-7-18/h2,4-9,12-15,29H,3,10-11H2,1H3. The van der Waals surface area contributed by atoms with Crippen LogP contribution in [0, 0.1) is 5.82 Å². The highest BCUT2D eigenvalue weighted by molar-refractivity contribution is 6.13. The number of alkyl halides is 1. The molecule has 0 amide bonds. The molecule has 4 nitrogen and oxygen atoms in total. The molecule has 0 aliphatic carbocycles. The van der Waals surface area contributed by atoms with E-state index in [9.17, 15) is 18.4 Å². The quantitative estimate of drug-likeness (QED) is 0.191. The van der Waals surface area contributed by atoms with Gasteiger partial charge in [0, 0.05) is 40.4 Å². The first-order valence-corrected chi connectivity index (χ1v) is 10.2. The lowest BCUT2D eigenvalue weighted by molar-refractivity contribution is 0.101. The molecule has 0 unspecified atom stereocenters. The number of carbonyl (C=O) groups is 2. The number of hydrogen-bond acceptors (Lipinski definition) is 4. The minimum Gasteiger partial charge on any atom is -0.455 e. The van der Waals surface area contributed by atoms with Gasteiger partial charge in [0.25, 0.3) is 0 Å². The molecule has 0 fully saturated rings. The summed E-state index contributed by atoms with van der Waals surface area (Å²) < 4.78 is 32.1. The third kappa shape index (κ3) is 4.17. The first-order valence-electron chi connectivity index (χ1n) is 10.2. The second kappa shape index (κ2) is 9.14. The fourth-order valence-electron chi connectivity index (χ4n) is 3.75. The number of furan rings is 1. The van der Waals surface area contributed by atoms with Crippen LogP contribution in [-0.2, 0) is 0 Å². The van der Waals surface area contributed by atoms with E-state index in [-0.39, 0.29) is 11.6 Å². The molecule has 0 atom stereocenters. The molecule has 0 saturated heterocycles. The monoisotopic (exact) mass is 433 g/mol. The van der Waals surface area contributed by atoms with Gasteiger partial charge in [-0.25, -0.2) is 4.39 Å². The summed E-state index contributed by atoms with van der Waals surface area (Å²) in [6.07, 6.45) is 1.10. The van der Waals surface area contributed by atoms with Crippen molar-refractivity contribution in [3.05, 3.63) is 77.6 Å². The normalized spacial score (nSPS) is 11.0. The second-order valence-corrected chi connectivity index (χ2v) is 7.48. The van der Waals surface area contributed by atoms with Crippen molar-refractivity contribution >= 4 is 28.7 Å². The van der Waals surface area contributed by atoms with Crippen molar-refractivity contribution < 1.29 is 22.8 Å². The van der Waals surface area contributed by atoms with E-state index in [1.165, 1.54) is 19.1 Å². The van der Waals surface area contributed by atoms with Crippen molar-refractivity contribution in [1.82, 2.24) is 0 Å². The van der Waals surface area contributed by atoms with Crippen LogP contribution in [0.15, 0.2) is 65.1 Å². The van der Waals surface area contributed by atoms with E-state index in [1.807, 2.05) is 12.1 Å². The fourth-order valence-corrected chi connectivity index (χ4v) is 3.75. The van der Waals surface area contributed by atoms with Gasteiger partial charge in [0.15, 0.2) is 5.78 Å². The predicted octanol–water partition coefficient (Wildman–Crippen LogP) is 6.69. The van der Waals surface area contributed by atoms with Crippen LogP contribution in [0.3, 0.4) is 0 Å². The van der Waals surface area contributed by atoms with Crippen LogP contribution in [0.5, 0.6) is 0 Å².